The van der Waals surface area contributed by atoms with Crippen molar-refractivity contribution < 1.29 is 29.0 Å². The van der Waals surface area contributed by atoms with E-state index in [1.807, 2.05) is 0 Å². The number of benzene rings is 2. The number of hydrogen-bond donors (Lipinski definition) is 1. The van der Waals surface area contributed by atoms with Gasteiger partial charge in [-0.1, -0.05) is 42.5 Å². The van der Waals surface area contributed by atoms with Crippen LogP contribution in [-0.2, 0) is 16.1 Å². The third-order valence-electron chi connectivity index (χ3n) is 4.21. The van der Waals surface area contributed by atoms with Gasteiger partial charge in [0.05, 0.1) is 7.11 Å². The van der Waals surface area contributed by atoms with Crippen LogP contribution in [0.5, 0.6) is 5.75 Å². The van der Waals surface area contributed by atoms with Gasteiger partial charge in [0.1, 0.15) is 30.3 Å². The average Bonchev–Trinajstić information content (AvgIpc) is 3.23. The maximum absolute atomic E-state index is 12.6. The first-order valence-electron chi connectivity index (χ1n) is 8.65. The maximum atomic E-state index is 12.6. The van der Waals surface area contributed by atoms with Crippen molar-refractivity contribution in [2.24, 2.45) is 0 Å². The highest BCUT2D eigenvalue weighted by Gasteiger charge is 2.30. The summed E-state index contributed by atoms with van der Waals surface area (Å²) in [4.78, 5) is 40.3. The molecular weight excluding hydrogens is 376 g/mol. The molecule has 1 unspecified atom stereocenters. The van der Waals surface area contributed by atoms with Gasteiger partial charge in [-0.3, -0.25) is 9.59 Å². The van der Waals surface area contributed by atoms with Crippen LogP contribution in [-0.4, -0.2) is 39.6 Å². The van der Waals surface area contributed by atoms with Crippen molar-refractivity contribution in [2.75, 3.05) is 7.11 Å². The van der Waals surface area contributed by atoms with Crippen molar-refractivity contribution >= 4 is 17.8 Å². The lowest BCUT2D eigenvalue weighted by Crippen LogP contribution is -2.22. The van der Waals surface area contributed by atoms with E-state index in [9.17, 15) is 19.5 Å². The first-order chi connectivity index (χ1) is 14.0. The van der Waals surface area contributed by atoms with Crippen LogP contribution < -0.4 is 4.74 Å². The number of imidazole rings is 1. The molecule has 1 aromatic heterocycles. The lowest BCUT2D eigenvalue weighted by atomic mass is 9.93. The zero-order chi connectivity index (χ0) is 20.8. The molecule has 0 aliphatic heterocycles. The molecule has 0 spiro atoms. The first-order valence-corrected chi connectivity index (χ1v) is 8.65. The van der Waals surface area contributed by atoms with Crippen LogP contribution >= 0.6 is 0 Å². The van der Waals surface area contributed by atoms with Crippen molar-refractivity contribution in [2.45, 2.75) is 12.5 Å². The van der Waals surface area contributed by atoms with Gasteiger partial charge in [-0.25, -0.2) is 14.3 Å². The summed E-state index contributed by atoms with van der Waals surface area (Å²) in [6.07, 6.45) is 1.55. The van der Waals surface area contributed by atoms with Gasteiger partial charge in [-0.15, -0.1) is 0 Å². The summed E-state index contributed by atoms with van der Waals surface area (Å²) in [5.41, 5.74) is 0.954. The lowest BCUT2D eigenvalue weighted by Gasteiger charge is -2.10. The highest BCUT2D eigenvalue weighted by molar-refractivity contribution is 6.11. The lowest BCUT2D eigenvalue weighted by molar-refractivity contribution is -0.137. The minimum absolute atomic E-state index is 0.0199. The molecule has 3 rings (SSSR count). The Bertz CT molecular complexity index is 1010. The maximum Gasteiger partial charge on any atom is 0.419 e. The quantitative estimate of drug-likeness (QED) is 0.484. The average molecular weight is 394 g/mol. The van der Waals surface area contributed by atoms with E-state index in [4.69, 9.17) is 9.47 Å². The Morgan fingerprint density at radius 3 is 2.38 bits per heavy atom. The van der Waals surface area contributed by atoms with Crippen LogP contribution in [0.1, 0.15) is 27.5 Å². The summed E-state index contributed by atoms with van der Waals surface area (Å²) in [5, 5.41) is 9.47. The van der Waals surface area contributed by atoms with Gasteiger partial charge in [0, 0.05) is 6.20 Å². The van der Waals surface area contributed by atoms with Crippen molar-refractivity contribution in [1.29, 1.82) is 0 Å². The number of carbonyl (C=O) groups is 3. The number of rotatable bonds is 7. The van der Waals surface area contributed by atoms with Gasteiger partial charge >= 0.3 is 12.1 Å². The Hall–Kier alpha value is -3.94. The predicted octanol–water partition coefficient (Wildman–Crippen LogP) is 3.13. The second-order valence-corrected chi connectivity index (χ2v) is 6.12. The molecule has 0 saturated carbocycles. The monoisotopic (exact) mass is 394 g/mol. The number of hydrogen-bond acceptors (Lipinski definition) is 6. The number of Topliss-reactive ketones (excluding diaryl/α,β-unsaturated/α-hetero) is 1. The number of ketones is 1. The fourth-order valence-electron chi connectivity index (χ4n) is 2.69. The summed E-state index contributed by atoms with van der Waals surface area (Å²) in [6.45, 7) is 0.0199. The molecule has 0 saturated heterocycles. The topological polar surface area (TPSA) is 108 Å². The van der Waals surface area contributed by atoms with Gasteiger partial charge in [0.25, 0.3) is 0 Å². The van der Waals surface area contributed by atoms with Crippen molar-refractivity contribution in [3.63, 3.8) is 0 Å². The van der Waals surface area contributed by atoms with Gasteiger partial charge in [-0.05, 0) is 23.3 Å². The number of carboxylic acid groups (broad SMARTS) is 1. The van der Waals surface area contributed by atoms with Crippen LogP contribution in [0.15, 0.2) is 67.1 Å². The van der Waals surface area contributed by atoms with E-state index < -0.39 is 23.8 Å². The summed E-state index contributed by atoms with van der Waals surface area (Å²) in [7, 11) is 1.56. The number of ether oxygens (including phenoxy) is 2. The zero-order valence-electron chi connectivity index (χ0n) is 15.5. The van der Waals surface area contributed by atoms with Gasteiger partial charge in [-0.2, -0.15) is 0 Å². The molecule has 0 aliphatic rings. The normalized spacial score (nSPS) is 11.5. The third kappa shape index (κ3) is 4.67. The molecule has 8 heteroatoms. The molecule has 8 nitrogen and oxygen atoms in total. The molecule has 1 N–H and O–H groups in total. The van der Waals surface area contributed by atoms with Crippen molar-refractivity contribution in [1.82, 2.24) is 9.55 Å². The van der Waals surface area contributed by atoms with Crippen LogP contribution in [0.2, 0.25) is 0 Å². The van der Waals surface area contributed by atoms with Gasteiger partial charge < -0.3 is 14.6 Å². The minimum Gasteiger partial charge on any atom is -0.497 e. The molecular formula is C21H18N2O6. The molecule has 1 heterocycles. The SMILES string of the molecule is COc1ccc(COC(=O)n2cnc(C(=O)C(C(=O)O)c3ccccc3)c2)cc1. The third-order valence-corrected chi connectivity index (χ3v) is 4.21. The van der Waals surface area contributed by atoms with Crippen LogP contribution in [0.3, 0.4) is 0 Å². The van der Waals surface area contributed by atoms with Gasteiger partial charge in [0.2, 0.25) is 5.78 Å². The Labute approximate surface area is 166 Å². The standard InChI is InChI=1S/C21H18N2O6/c1-28-16-9-7-14(8-10-16)12-29-21(27)23-11-17(22-13-23)19(24)18(20(25)26)15-5-3-2-4-6-15/h2-11,13,18H,12H2,1H3,(H,25,26). The fourth-order valence-corrected chi connectivity index (χ4v) is 2.69. The number of methoxy groups -OCH3 is 1. The molecule has 1 atom stereocenters. The largest absolute Gasteiger partial charge is 0.497 e. The van der Waals surface area contributed by atoms with Crippen LogP contribution in [0.4, 0.5) is 4.79 Å². The Kier molecular flexibility index (Phi) is 6.03. The highest BCUT2D eigenvalue weighted by atomic mass is 16.5. The highest BCUT2D eigenvalue weighted by Crippen LogP contribution is 2.21. The van der Waals surface area contributed by atoms with Crippen LogP contribution in [0, 0.1) is 0 Å². The molecule has 3 aromatic rings. The summed E-state index contributed by atoms with van der Waals surface area (Å²) < 4.78 is 11.3. The molecule has 148 valence electrons. The Morgan fingerprint density at radius 2 is 1.76 bits per heavy atom. The molecule has 2 aromatic carbocycles. The zero-order valence-corrected chi connectivity index (χ0v) is 15.5. The fraction of sp³-hybridized carbons (Fsp3) is 0.143. The number of carboxylic acids is 1. The van der Waals surface area contributed by atoms with E-state index in [1.165, 1.54) is 0 Å². The predicted molar refractivity (Wildman–Crippen MR) is 102 cm³/mol. The second-order valence-electron chi connectivity index (χ2n) is 6.12. The Balaban J connectivity index is 1.69. The molecule has 0 bridgehead atoms. The van der Waals surface area contributed by atoms with Crippen LogP contribution in [0.25, 0.3) is 0 Å². The minimum atomic E-state index is -1.41. The summed E-state index contributed by atoms with van der Waals surface area (Å²) in [6, 6.07) is 15.1. The first kappa shape index (κ1) is 19.8. The Morgan fingerprint density at radius 1 is 1.07 bits per heavy atom. The number of aromatic nitrogens is 2. The van der Waals surface area contributed by atoms with E-state index in [-0.39, 0.29) is 12.3 Å². The van der Waals surface area contributed by atoms with E-state index in [0.29, 0.717) is 11.3 Å². The molecule has 0 radical (unpaired) electrons. The second kappa shape index (κ2) is 8.83. The summed E-state index contributed by atoms with van der Waals surface area (Å²) in [5.74, 6) is -2.73. The number of aliphatic carboxylic acids is 1. The van der Waals surface area contributed by atoms with Crippen molar-refractivity contribution in [3.8, 4) is 5.75 Å². The summed E-state index contributed by atoms with van der Waals surface area (Å²) >= 11 is 0. The van der Waals surface area contributed by atoms with E-state index >= 15 is 0 Å². The van der Waals surface area contributed by atoms with Gasteiger partial charge in [0.15, 0.2) is 0 Å². The smallest absolute Gasteiger partial charge is 0.419 e. The molecule has 0 amide bonds. The molecule has 0 fully saturated rings. The number of carbonyl (C=O) groups excluding carboxylic acids is 2. The van der Waals surface area contributed by atoms with Crippen molar-refractivity contribution in [3.05, 3.63) is 83.9 Å². The van der Waals surface area contributed by atoms with E-state index in [0.717, 1.165) is 22.7 Å². The molecule has 0 aliphatic carbocycles. The number of nitrogens with zero attached hydrogens (tertiary/aromatic N) is 2. The molecule has 29 heavy (non-hydrogen) atoms. The van der Waals surface area contributed by atoms with E-state index in [2.05, 4.69) is 4.98 Å². The van der Waals surface area contributed by atoms with E-state index in [1.54, 1.807) is 61.7 Å².